The topological polar surface area (TPSA) is 46.3 Å². The standard InChI is InChI=1S/C17H26N2O/c1-13(2)11-15(18)17(20)12-19-10-6-5-8-14-7-3-4-9-16(14)19/h3-4,7,9,13,15H,5-6,8,10-12,18H2,1-2H3. The summed E-state index contributed by atoms with van der Waals surface area (Å²) in [6.07, 6.45) is 4.22. The number of anilines is 1. The maximum atomic E-state index is 12.3. The normalized spacial score (nSPS) is 16.7. The average Bonchev–Trinajstić information content (AvgIpc) is 2.61. The van der Waals surface area contributed by atoms with Crippen LogP contribution in [0.2, 0.25) is 0 Å². The predicted octanol–water partition coefficient (Wildman–Crippen LogP) is 2.77. The number of carbonyl (C=O) groups excluding carboxylic acids is 1. The van der Waals surface area contributed by atoms with E-state index in [-0.39, 0.29) is 11.8 Å². The van der Waals surface area contributed by atoms with Crippen LogP contribution in [0, 0.1) is 5.92 Å². The maximum absolute atomic E-state index is 12.3. The van der Waals surface area contributed by atoms with Crippen LogP contribution in [-0.4, -0.2) is 24.9 Å². The van der Waals surface area contributed by atoms with E-state index in [2.05, 4.69) is 43.0 Å². The first-order chi connectivity index (χ1) is 9.58. The second kappa shape index (κ2) is 6.89. The smallest absolute Gasteiger partial charge is 0.168 e. The number of fused-ring (bicyclic) bond motifs is 1. The summed E-state index contributed by atoms with van der Waals surface area (Å²) in [6, 6.07) is 8.10. The number of nitrogens with two attached hydrogens (primary N) is 1. The lowest BCUT2D eigenvalue weighted by atomic mass is 10.0. The summed E-state index contributed by atoms with van der Waals surface area (Å²) in [5.41, 5.74) is 8.59. The van der Waals surface area contributed by atoms with Crippen molar-refractivity contribution in [1.82, 2.24) is 0 Å². The van der Waals surface area contributed by atoms with Crippen LogP contribution >= 0.6 is 0 Å². The molecule has 20 heavy (non-hydrogen) atoms. The van der Waals surface area contributed by atoms with E-state index in [1.165, 1.54) is 17.7 Å². The van der Waals surface area contributed by atoms with E-state index in [4.69, 9.17) is 5.73 Å². The number of Topliss-reactive ketones (excluding diaryl/α,β-unsaturated/α-hetero) is 1. The largest absolute Gasteiger partial charge is 0.364 e. The van der Waals surface area contributed by atoms with Gasteiger partial charge in [-0.05, 0) is 43.2 Å². The summed E-state index contributed by atoms with van der Waals surface area (Å²) in [5, 5.41) is 0. The van der Waals surface area contributed by atoms with Gasteiger partial charge in [-0.1, -0.05) is 32.0 Å². The lowest BCUT2D eigenvalue weighted by Gasteiger charge is -2.25. The Morgan fingerprint density at radius 2 is 2.05 bits per heavy atom. The minimum absolute atomic E-state index is 0.162. The summed E-state index contributed by atoms with van der Waals surface area (Å²) in [7, 11) is 0. The van der Waals surface area contributed by atoms with Gasteiger partial charge in [0.2, 0.25) is 0 Å². The van der Waals surface area contributed by atoms with Crippen LogP contribution < -0.4 is 10.6 Å². The maximum Gasteiger partial charge on any atom is 0.168 e. The van der Waals surface area contributed by atoms with Crippen molar-refractivity contribution < 1.29 is 4.79 Å². The van der Waals surface area contributed by atoms with Crippen LogP contribution in [0.5, 0.6) is 0 Å². The molecule has 0 aliphatic carbocycles. The molecule has 2 rings (SSSR count). The molecule has 0 saturated carbocycles. The molecule has 0 bridgehead atoms. The Morgan fingerprint density at radius 3 is 2.80 bits per heavy atom. The molecule has 1 atom stereocenters. The zero-order valence-corrected chi connectivity index (χ0v) is 12.6. The summed E-state index contributed by atoms with van der Waals surface area (Å²) >= 11 is 0. The van der Waals surface area contributed by atoms with Gasteiger partial charge in [-0.25, -0.2) is 0 Å². The number of hydrogen-bond donors (Lipinski definition) is 1. The van der Waals surface area contributed by atoms with Gasteiger partial charge in [0.25, 0.3) is 0 Å². The van der Waals surface area contributed by atoms with Gasteiger partial charge >= 0.3 is 0 Å². The minimum atomic E-state index is -0.328. The van der Waals surface area contributed by atoms with Crippen molar-refractivity contribution in [3.05, 3.63) is 29.8 Å². The molecule has 1 aromatic carbocycles. The van der Waals surface area contributed by atoms with Crippen LogP contribution in [0.15, 0.2) is 24.3 Å². The fourth-order valence-electron chi connectivity index (χ4n) is 2.88. The Morgan fingerprint density at radius 1 is 1.30 bits per heavy atom. The van der Waals surface area contributed by atoms with E-state index in [1.807, 2.05) is 0 Å². The van der Waals surface area contributed by atoms with Gasteiger partial charge in [-0.2, -0.15) is 0 Å². The van der Waals surface area contributed by atoms with Crippen molar-refractivity contribution in [2.45, 2.75) is 45.6 Å². The first-order valence-electron chi connectivity index (χ1n) is 7.69. The summed E-state index contributed by atoms with van der Waals surface area (Å²) in [5.74, 6) is 0.626. The number of nitrogens with zero attached hydrogens (tertiary/aromatic N) is 1. The molecule has 0 aromatic heterocycles. The number of para-hydroxylation sites is 1. The number of aryl methyl sites for hydroxylation is 1. The number of hydrogen-bond acceptors (Lipinski definition) is 3. The highest BCUT2D eigenvalue weighted by Crippen LogP contribution is 2.26. The molecule has 1 aliphatic heterocycles. The third-order valence-corrected chi connectivity index (χ3v) is 3.94. The third-order valence-electron chi connectivity index (χ3n) is 3.94. The molecule has 1 heterocycles. The number of benzene rings is 1. The quantitative estimate of drug-likeness (QED) is 0.898. The van der Waals surface area contributed by atoms with Crippen LogP contribution in [-0.2, 0) is 11.2 Å². The SMILES string of the molecule is CC(C)CC(N)C(=O)CN1CCCCc2ccccc21. The predicted molar refractivity (Wildman–Crippen MR) is 84.0 cm³/mol. The lowest BCUT2D eigenvalue weighted by Crippen LogP contribution is -2.41. The first kappa shape index (κ1) is 15.0. The summed E-state index contributed by atoms with van der Waals surface area (Å²) in [4.78, 5) is 14.5. The molecular weight excluding hydrogens is 248 g/mol. The molecule has 0 amide bonds. The van der Waals surface area contributed by atoms with Gasteiger partial charge in [-0.3, -0.25) is 4.79 Å². The van der Waals surface area contributed by atoms with Gasteiger partial charge < -0.3 is 10.6 Å². The van der Waals surface area contributed by atoms with Crippen molar-refractivity contribution in [2.24, 2.45) is 11.7 Å². The number of carbonyl (C=O) groups is 1. The second-order valence-electron chi connectivity index (χ2n) is 6.21. The van der Waals surface area contributed by atoms with Crippen LogP contribution in [0.1, 0.15) is 38.7 Å². The molecular formula is C17H26N2O. The van der Waals surface area contributed by atoms with E-state index in [9.17, 15) is 4.79 Å². The highest BCUT2D eigenvalue weighted by Gasteiger charge is 2.21. The Hall–Kier alpha value is -1.35. The molecule has 1 unspecified atom stereocenters. The van der Waals surface area contributed by atoms with Crippen molar-refractivity contribution in [3.63, 3.8) is 0 Å². The van der Waals surface area contributed by atoms with Gasteiger partial charge in [0.1, 0.15) is 0 Å². The Balaban J connectivity index is 2.07. The number of ketones is 1. The third kappa shape index (κ3) is 3.83. The van der Waals surface area contributed by atoms with E-state index >= 15 is 0 Å². The van der Waals surface area contributed by atoms with Gasteiger partial charge in [0.05, 0.1) is 12.6 Å². The Labute approximate surface area is 122 Å². The fourth-order valence-corrected chi connectivity index (χ4v) is 2.88. The second-order valence-corrected chi connectivity index (χ2v) is 6.21. The van der Waals surface area contributed by atoms with Crippen molar-refractivity contribution >= 4 is 11.5 Å². The van der Waals surface area contributed by atoms with Crippen LogP contribution in [0.25, 0.3) is 0 Å². The summed E-state index contributed by atoms with van der Waals surface area (Å²) < 4.78 is 0. The summed E-state index contributed by atoms with van der Waals surface area (Å²) in [6.45, 7) is 5.62. The zero-order valence-electron chi connectivity index (χ0n) is 12.6. The van der Waals surface area contributed by atoms with Crippen LogP contribution in [0.3, 0.4) is 0 Å². The first-order valence-corrected chi connectivity index (χ1v) is 7.69. The molecule has 2 N–H and O–H groups in total. The highest BCUT2D eigenvalue weighted by molar-refractivity contribution is 5.88. The van der Waals surface area contributed by atoms with E-state index in [0.717, 1.165) is 25.8 Å². The van der Waals surface area contributed by atoms with Gasteiger partial charge in [0, 0.05) is 12.2 Å². The van der Waals surface area contributed by atoms with Gasteiger partial charge in [0.15, 0.2) is 5.78 Å². The molecule has 3 heteroatoms. The molecule has 1 aromatic rings. The van der Waals surface area contributed by atoms with E-state index < -0.39 is 0 Å². The Bertz CT molecular complexity index is 456. The molecule has 1 aliphatic rings. The van der Waals surface area contributed by atoms with Crippen molar-refractivity contribution in [3.8, 4) is 0 Å². The van der Waals surface area contributed by atoms with E-state index in [1.54, 1.807) is 0 Å². The Kier molecular flexibility index (Phi) is 5.18. The van der Waals surface area contributed by atoms with Crippen LogP contribution in [0.4, 0.5) is 5.69 Å². The fraction of sp³-hybridized carbons (Fsp3) is 0.588. The minimum Gasteiger partial charge on any atom is -0.364 e. The lowest BCUT2D eigenvalue weighted by molar-refractivity contribution is -0.119. The molecule has 3 nitrogen and oxygen atoms in total. The molecule has 0 radical (unpaired) electrons. The number of rotatable bonds is 5. The molecule has 0 saturated heterocycles. The molecule has 110 valence electrons. The van der Waals surface area contributed by atoms with Crippen molar-refractivity contribution in [2.75, 3.05) is 18.0 Å². The van der Waals surface area contributed by atoms with E-state index in [0.29, 0.717) is 12.5 Å². The zero-order chi connectivity index (χ0) is 14.5. The van der Waals surface area contributed by atoms with Gasteiger partial charge in [-0.15, -0.1) is 0 Å². The molecule has 0 fully saturated rings. The highest BCUT2D eigenvalue weighted by atomic mass is 16.1. The monoisotopic (exact) mass is 274 g/mol. The molecule has 0 spiro atoms. The van der Waals surface area contributed by atoms with Crippen molar-refractivity contribution in [1.29, 1.82) is 0 Å². The average molecular weight is 274 g/mol.